The highest BCUT2D eigenvalue weighted by Gasteiger charge is 1.99. The Morgan fingerprint density at radius 2 is 1.80 bits per heavy atom. The van der Waals surface area contributed by atoms with Crippen molar-refractivity contribution in [1.82, 2.24) is 5.43 Å². The van der Waals surface area contributed by atoms with Crippen LogP contribution in [0.4, 0.5) is 5.69 Å². The van der Waals surface area contributed by atoms with Crippen molar-refractivity contribution in [3.05, 3.63) is 30.3 Å². The van der Waals surface area contributed by atoms with Crippen LogP contribution in [0, 0.1) is 0 Å². The Morgan fingerprint density at radius 1 is 1.13 bits per heavy atom. The van der Waals surface area contributed by atoms with E-state index in [1.54, 1.807) is 12.1 Å². The Morgan fingerprint density at radius 3 is 2.40 bits per heavy atom. The zero-order valence-corrected chi connectivity index (χ0v) is 8.03. The molecule has 0 bridgehead atoms. The van der Waals surface area contributed by atoms with Crippen LogP contribution in [0.25, 0.3) is 0 Å². The van der Waals surface area contributed by atoms with Gasteiger partial charge in [-0.05, 0) is 18.6 Å². The molecule has 0 aliphatic carbocycles. The molecular weight excluding hydrogens is 196 g/mol. The van der Waals surface area contributed by atoms with Crippen LogP contribution < -0.4 is 16.0 Å². The first-order chi connectivity index (χ1) is 7.18. The Kier molecular flexibility index (Phi) is 4.15. The monoisotopic (exact) mass is 207 g/mol. The molecule has 1 aromatic carbocycles. The summed E-state index contributed by atoms with van der Waals surface area (Å²) in [5.74, 6) is -1.62. The van der Waals surface area contributed by atoms with Gasteiger partial charge in [0.1, 0.15) is 0 Å². The summed E-state index contributed by atoms with van der Waals surface area (Å²) in [4.78, 5) is 21.1. The molecule has 1 amide bonds. The van der Waals surface area contributed by atoms with Gasteiger partial charge in [0, 0.05) is 12.4 Å². The Hall–Kier alpha value is -2.04. The summed E-state index contributed by atoms with van der Waals surface area (Å²) in [6.45, 7) is 0. The predicted octanol–water partition coefficient (Wildman–Crippen LogP) is -0.340. The average Bonchev–Trinajstić information content (AvgIpc) is 2.25. The molecule has 0 heterocycles. The number of aliphatic carboxylic acids is 1. The van der Waals surface area contributed by atoms with Crippen LogP contribution in [-0.4, -0.2) is 11.9 Å². The van der Waals surface area contributed by atoms with Gasteiger partial charge in [-0.3, -0.25) is 15.6 Å². The summed E-state index contributed by atoms with van der Waals surface area (Å²) in [6, 6.07) is 9.03. The van der Waals surface area contributed by atoms with E-state index in [1.807, 2.05) is 18.2 Å². The van der Waals surface area contributed by atoms with Gasteiger partial charge in [0.2, 0.25) is 5.91 Å². The fourth-order valence-electron chi connectivity index (χ4n) is 0.941. The molecule has 0 aromatic heterocycles. The summed E-state index contributed by atoms with van der Waals surface area (Å²) < 4.78 is 0. The van der Waals surface area contributed by atoms with Crippen LogP contribution in [0.5, 0.6) is 0 Å². The molecule has 0 radical (unpaired) electrons. The zero-order valence-electron chi connectivity index (χ0n) is 8.03. The van der Waals surface area contributed by atoms with E-state index in [1.165, 1.54) is 0 Å². The lowest BCUT2D eigenvalue weighted by Gasteiger charge is -2.08. The van der Waals surface area contributed by atoms with E-state index in [2.05, 4.69) is 10.9 Å². The Labute approximate surface area is 87.1 Å². The van der Waals surface area contributed by atoms with Crippen molar-refractivity contribution in [2.24, 2.45) is 0 Å². The lowest BCUT2D eigenvalue weighted by Crippen LogP contribution is -2.31. The van der Waals surface area contributed by atoms with E-state index in [0.29, 0.717) is 0 Å². The van der Waals surface area contributed by atoms with Crippen LogP contribution in [0.2, 0.25) is 0 Å². The summed E-state index contributed by atoms with van der Waals surface area (Å²) >= 11 is 0. The highest BCUT2D eigenvalue weighted by molar-refractivity contribution is 5.80. The van der Waals surface area contributed by atoms with Crippen LogP contribution in [0.15, 0.2) is 30.3 Å². The molecule has 80 valence electrons. The highest BCUT2D eigenvalue weighted by atomic mass is 16.4. The molecule has 0 saturated heterocycles. The highest BCUT2D eigenvalue weighted by Crippen LogP contribution is 2.02. The minimum Gasteiger partial charge on any atom is -0.550 e. The molecule has 0 fully saturated rings. The lowest BCUT2D eigenvalue weighted by atomic mass is 10.3. The van der Waals surface area contributed by atoms with Gasteiger partial charge >= 0.3 is 0 Å². The second-order valence-electron chi connectivity index (χ2n) is 2.91. The molecule has 5 nitrogen and oxygen atoms in total. The minimum atomic E-state index is -1.23. The average molecular weight is 207 g/mol. The van der Waals surface area contributed by atoms with Gasteiger partial charge in [-0.2, -0.15) is 0 Å². The molecule has 15 heavy (non-hydrogen) atoms. The van der Waals surface area contributed by atoms with Crippen LogP contribution in [-0.2, 0) is 9.59 Å². The number of carbonyl (C=O) groups excluding carboxylic acids is 2. The molecule has 2 N–H and O–H groups in total. The van der Waals surface area contributed by atoms with E-state index in [9.17, 15) is 14.7 Å². The molecule has 0 spiro atoms. The molecule has 0 saturated carbocycles. The molecule has 1 aromatic rings. The quantitative estimate of drug-likeness (QED) is 0.647. The number of amides is 1. The molecule has 0 atom stereocenters. The number of hydrogen-bond acceptors (Lipinski definition) is 4. The third-order valence-corrected chi connectivity index (χ3v) is 1.68. The van der Waals surface area contributed by atoms with Crippen LogP contribution in [0.3, 0.4) is 0 Å². The standard InChI is InChI=1S/C10H12N2O3/c13-9(6-7-10(14)15)12-11-8-4-2-1-3-5-8/h1-5,11H,6-7H2,(H,12,13)(H,14,15)/p-1. The smallest absolute Gasteiger partial charge is 0.238 e. The summed E-state index contributed by atoms with van der Waals surface area (Å²) in [5.41, 5.74) is 5.76. The van der Waals surface area contributed by atoms with E-state index < -0.39 is 5.97 Å². The maximum Gasteiger partial charge on any atom is 0.238 e. The van der Waals surface area contributed by atoms with Crippen molar-refractivity contribution in [2.45, 2.75) is 12.8 Å². The topological polar surface area (TPSA) is 81.3 Å². The lowest BCUT2D eigenvalue weighted by molar-refractivity contribution is -0.305. The molecule has 0 unspecified atom stereocenters. The number of nitrogens with one attached hydrogen (secondary N) is 2. The number of carboxylic acids is 1. The number of para-hydroxylation sites is 1. The third-order valence-electron chi connectivity index (χ3n) is 1.68. The summed E-state index contributed by atoms with van der Waals surface area (Å²) in [7, 11) is 0. The number of anilines is 1. The predicted molar refractivity (Wildman–Crippen MR) is 52.4 cm³/mol. The van der Waals surface area contributed by atoms with Gasteiger partial charge in [-0.1, -0.05) is 18.2 Å². The molecule has 0 aliphatic heterocycles. The fourth-order valence-corrected chi connectivity index (χ4v) is 0.941. The maximum atomic E-state index is 11.1. The molecular formula is C10H11N2O3-. The van der Waals surface area contributed by atoms with Crippen LogP contribution in [0.1, 0.15) is 12.8 Å². The van der Waals surface area contributed by atoms with Gasteiger partial charge in [0.15, 0.2) is 0 Å². The Balaban J connectivity index is 2.26. The number of carboxylic acid groups (broad SMARTS) is 1. The second kappa shape index (κ2) is 5.64. The largest absolute Gasteiger partial charge is 0.550 e. The van der Waals surface area contributed by atoms with Crippen molar-refractivity contribution >= 4 is 17.6 Å². The number of hydrogen-bond donors (Lipinski definition) is 2. The van der Waals surface area contributed by atoms with Gasteiger partial charge in [-0.25, -0.2) is 0 Å². The maximum absolute atomic E-state index is 11.1. The van der Waals surface area contributed by atoms with Crippen molar-refractivity contribution < 1.29 is 14.7 Å². The van der Waals surface area contributed by atoms with Gasteiger partial charge in [0.05, 0.1) is 5.69 Å². The second-order valence-corrected chi connectivity index (χ2v) is 2.91. The molecule has 1 rings (SSSR count). The van der Waals surface area contributed by atoms with Crippen molar-refractivity contribution in [2.75, 3.05) is 5.43 Å². The third kappa shape index (κ3) is 4.66. The summed E-state index contributed by atoms with van der Waals surface area (Å²) in [5, 5.41) is 10.1. The van der Waals surface area contributed by atoms with E-state index >= 15 is 0 Å². The first-order valence-corrected chi connectivity index (χ1v) is 4.48. The SMILES string of the molecule is O=C([O-])CCC(=O)NNc1ccccc1. The van der Waals surface area contributed by atoms with Crippen molar-refractivity contribution in [3.8, 4) is 0 Å². The van der Waals surface area contributed by atoms with Crippen molar-refractivity contribution in [1.29, 1.82) is 0 Å². The fraction of sp³-hybridized carbons (Fsp3) is 0.200. The summed E-state index contributed by atoms with van der Waals surface area (Å²) in [6.07, 6.45) is -0.371. The first-order valence-electron chi connectivity index (χ1n) is 4.48. The number of carbonyl (C=O) groups is 2. The van der Waals surface area contributed by atoms with Crippen molar-refractivity contribution in [3.63, 3.8) is 0 Å². The van der Waals surface area contributed by atoms with Gasteiger partial charge in [0.25, 0.3) is 0 Å². The Bertz CT molecular complexity index is 338. The van der Waals surface area contributed by atoms with E-state index in [0.717, 1.165) is 5.69 Å². The number of hydrazine groups is 1. The first kappa shape index (κ1) is 11.0. The van der Waals surface area contributed by atoms with E-state index in [4.69, 9.17) is 0 Å². The van der Waals surface area contributed by atoms with E-state index in [-0.39, 0.29) is 18.7 Å². The zero-order chi connectivity index (χ0) is 11.1. The van der Waals surface area contributed by atoms with Gasteiger partial charge < -0.3 is 9.90 Å². The molecule has 5 heteroatoms. The normalized spacial score (nSPS) is 9.33. The molecule has 0 aliphatic rings. The minimum absolute atomic E-state index is 0.0951. The number of benzene rings is 1. The number of rotatable bonds is 5. The van der Waals surface area contributed by atoms with Gasteiger partial charge in [-0.15, -0.1) is 0 Å². The van der Waals surface area contributed by atoms with Crippen LogP contribution >= 0.6 is 0 Å².